The van der Waals surface area contributed by atoms with E-state index in [0.29, 0.717) is 32.9 Å². The van der Waals surface area contributed by atoms with E-state index in [9.17, 15) is 30.0 Å². The summed E-state index contributed by atoms with van der Waals surface area (Å²) in [5.74, 6) is 0. The van der Waals surface area contributed by atoms with E-state index in [1.165, 1.54) is 17.4 Å². The van der Waals surface area contributed by atoms with Crippen molar-refractivity contribution in [2.75, 3.05) is 0 Å². The molecule has 0 unspecified atom stereocenters. The third-order valence-corrected chi connectivity index (χ3v) is 10.2. The molecule has 0 saturated carbocycles. The van der Waals surface area contributed by atoms with Gasteiger partial charge in [0.05, 0.1) is 25.3 Å². The van der Waals surface area contributed by atoms with Gasteiger partial charge in [0.1, 0.15) is 10.0 Å². The molecule has 0 aliphatic heterocycles. The summed E-state index contributed by atoms with van der Waals surface area (Å²) in [5, 5.41) is 8.79. The lowest BCUT2D eigenvalue weighted by Gasteiger charge is -2.22. The molecule has 0 bridgehead atoms. The van der Waals surface area contributed by atoms with Gasteiger partial charge in [-0.15, -0.1) is 10.2 Å². The van der Waals surface area contributed by atoms with E-state index in [1.807, 2.05) is 37.5 Å². The van der Waals surface area contributed by atoms with Crippen molar-refractivity contribution in [1.29, 1.82) is 0 Å². The van der Waals surface area contributed by atoms with E-state index in [2.05, 4.69) is 20.4 Å². The first kappa shape index (κ1) is 26.5. The zero-order valence-electron chi connectivity index (χ0n) is 19.0. The molecule has 9 nitrogen and oxygen atoms in total. The van der Waals surface area contributed by atoms with Crippen LogP contribution < -0.4 is 9.60 Å². The molecule has 2 heterocycles. The monoisotopic (exact) mass is 578 g/mol. The number of aryl methyl sites for hydroxylation is 3. The summed E-state index contributed by atoms with van der Waals surface area (Å²) in [6.07, 6.45) is 0. The summed E-state index contributed by atoms with van der Waals surface area (Å²) in [5.41, 5.74) is -3.13. The third-order valence-electron chi connectivity index (χ3n) is 5.13. The summed E-state index contributed by atoms with van der Waals surface area (Å²) in [6, 6.07) is 9.53. The Hall–Kier alpha value is -2.53. The van der Waals surface area contributed by atoms with Crippen molar-refractivity contribution in [2.45, 2.75) is 44.3 Å². The number of aromatic nitrogens is 2. The Labute approximate surface area is 212 Å². The van der Waals surface area contributed by atoms with Crippen LogP contribution in [0.2, 0.25) is 0 Å². The van der Waals surface area contributed by atoms with E-state index in [4.69, 9.17) is 0 Å². The summed E-state index contributed by atoms with van der Waals surface area (Å²) < 4.78 is 92.3. The fourth-order valence-electron chi connectivity index (χ4n) is 3.46. The van der Waals surface area contributed by atoms with Crippen molar-refractivity contribution in [3.8, 4) is 0 Å². The second-order valence-electron chi connectivity index (χ2n) is 7.53. The molecule has 4 aromatic rings. The smallest absolute Gasteiger partial charge is 0.424 e. The number of halogens is 3. The molecule has 194 valence electrons. The highest BCUT2D eigenvalue weighted by Crippen LogP contribution is 2.33. The molecule has 0 radical (unpaired) electrons. The van der Waals surface area contributed by atoms with Crippen molar-refractivity contribution >= 4 is 63.2 Å². The summed E-state index contributed by atoms with van der Waals surface area (Å²) in [7, 11) is -11.4. The van der Waals surface area contributed by atoms with Gasteiger partial charge in [-0.25, -0.2) is 16.8 Å². The van der Waals surface area contributed by atoms with E-state index >= 15 is 0 Å². The minimum Gasteiger partial charge on any atom is -0.424 e. The van der Waals surface area contributed by atoms with Crippen LogP contribution in [0.4, 0.5) is 13.2 Å². The van der Waals surface area contributed by atoms with Crippen LogP contribution in [0.25, 0.3) is 24.6 Å². The predicted molar refractivity (Wildman–Crippen MR) is 132 cm³/mol. The normalized spacial score (nSPS) is 14.4. The van der Waals surface area contributed by atoms with Crippen LogP contribution in [0.1, 0.15) is 19.4 Å². The van der Waals surface area contributed by atoms with Crippen molar-refractivity contribution in [2.24, 2.45) is 10.2 Å². The average molecular weight is 579 g/mol. The molecule has 4 rings (SSSR count). The minimum atomic E-state index is -6.22. The van der Waals surface area contributed by atoms with E-state index in [0.717, 1.165) is 39.2 Å². The lowest BCUT2D eigenvalue weighted by Crippen LogP contribution is -2.24. The largest absolute Gasteiger partial charge is 0.480 e. The Morgan fingerprint density at radius 2 is 1.36 bits per heavy atom. The van der Waals surface area contributed by atoms with Gasteiger partial charge in [0.2, 0.25) is 9.60 Å². The van der Waals surface area contributed by atoms with Crippen LogP contribution in [-0.4, -0.2) is 31.5 Å². The number of hydrogen-bond donors (Lipinski definition) is 0. The van der Waals surface area contributed by atoms with Gasteiger partial charge in [-0.2, -0.15) is 13.2 Å². The highest BCUT2D eigenvalue weighted by Gasteiger charge is 2.40. The van der Waals surface area contributed by atoms with Gasteiger partial charge in [0, 0.05) is 13.1 Å². The fraction of sp³-hybridized carbons (Fsp3) is 0.300. The maximum Gasteiger partial charge on any atom is 0.480 e. The van der Waals surface area contributed by atoms with Gasteiger partial charge in [-0.1, -0.05) is 28.7 Å². The SMILES string of the molecule is CCn1/c(=N\N=c2\sc3cc(S(=O)(=O)[N-]S(=O)(=O)C(F)(F)F)ccc3n2CC)sc2cc(C)ccc21. The van der Waals surface area contributed by atoms with E-state index < -0.39 is 30.5 Å². The molecule has 2 aromatic heterocycles. The number of fused-ring (bicyclic) bond motifs is 2. The molecular weight excluding hydrogens is 560 g/mol. The molecule has 0 aliphatic rings. The van der Waals surface area contributed by atoms with Crippen LogP contribution in [0.3, 0.4) is 0 Å². The van der Waals surface area contributed by atoms with Crippen LogP contribution in [-0.2, 0) is 33.1 Å². The Morgan fingerprint density at radius 3 is 1.86 bits per heavy atom. The summed E-state index contributed by atoms with van der Waals surface area (Å²) >= 11 is 2.54. The third kappa shape index (κ3) is 4.87. The topological polar surface area (TPSA) is 117 Å². The van der Waals surface area contributed by atoms with Crippen LogP contribution in [0, 0.1) is 6.92 Å². The molecule has 0 atom stereocenters. The highest BCUT2D eigenvalue weighted by atomic mass is 32.3. The predicted octanol–water partition coefficient (Wildman–Crippen LogP) is 4.40. The number of sulfonamides is 2. The number of rotatable bonds is 6. The maximum atomic E-state index is 12.6. The second-order valence-corrected chi connectivity index (χ2v) is 13.0. The molecular formula is C20H19F3N5O4S4-. The van der Waals surface area contributed by atoms with Crippen LogP contribution >= 0.6 is 22.7 Å². The standard InChI is InChI=1S/C20H19F3N5O4S4/c1-4-27-14-8-6-12(3)10-16(14)33-18(27)24-25-19-28(5-2)15-9-7-13(11-17(15)34-19)35(29,30)26-36(31,32)20(21,22)23/h6-11H,4-5H2,1-3H3/q-1/b24-18+,25-19+. The number of hydrogen-bond acceptors (Lipinski definition) is 8. The van der Waals surface area contributed by atoms with Gasteiger partial charge in [-0.05, 0) is 56.7 Å². The molecule has 0 saturated heterocycles. The van der Waals surface area contributed by atoms with Crippen LogP contribution in [0.5, 0.6) is 0 Å². The van der Waals surface area contributed by atoms with Gasteiger partial charge in [0.25, 0.3) is 0 Å². The first-order valence-electron chi connectivity index (χ1n) is 10.4. The first-order chi connectivity index (χ1) is 16.8. The fourth-order valence-corrected chi connectivity index (χ4v) is 7.98. The lowest BCUT2D eigenvalue weighted by molar-refractivity contribution is -0.0425. The molecule has 0 spiro atoms. The van der Waals surface area contributed by atoms with Crippen molar-refractivity contribution in [1.82, 2.24) is 9.13 Å². The minimum absolute atomic E-state index is 0.363. The zero-order valence-corrected chi connectivity index (χ0v) is 22.3. The second kappa shape index (κ2) is 9.41. The Balaban J connectivity index is 1.83. The van der Waals surface area contributed by atoms with Crippen molar-refractivity contribution in [3.63, 3.8) is 0 Å². The van der Waals surface area contributed by atoms with Crippen LogP contribution in [0.15, 0.2) is 51.5 Å². The van der Waals surface area contributed by atoms with Gasteiger partial charge in [0.15, 0.2) is 10.0 Å². The number of nitrogens with zero attached hydrogens (tertiary/aromatic N) is 5. The van der Waals surface area contributed by atoms with E-state index in [-0.39, 0.29) is 0 Å². The molecule has 2 aromatic carbocycles. The first-order valence-corrected chi connectivity index (χ1v) is 14.9. The quantitative estimate of drug-likeness (QED) is 0.315. The maximum absolute atomic E-state index is 12.6. The Bertz CT molecular complexity index is 1830. The van der Waals surface area contributed by atoms with Gasteiger partial charge < -0.3 is 13.3 Å². The number of thiazole rings is 2. The highest BCUT2D eigenvalue weighted by molar-refractivity contribution is 8.12. The van der Waals surface area contributed by atoms with E-state index in [1.54, 1.807) is 4.57 Å². The molecule has 0 fully saturated rings. The zero-order chi connectivity index (χ0) is 26.5. The van der Waals surface area contributed by atoms with Gasteiger partial charge >= 0.3 is 5.51 Å². The summed E-state index contributed by atoms with van der Waals surface area (Å²) in [4.78, 5) is 0.412. The average Bonchev–Trinajstić information content (AvgIpc) is 3.31. The molecule has 0 N–H and O–H groups in total. The number of benzene rings is 2. The lowest BCUT2D eigenvalue weighted by atomic mass is 10.2. The molecule has 0 amide bonds. The molecule has 0 aliphatic carbocycles. The molecule has 16 heteroatoms. The number of alkyl halides is 3. The van der Waals surface area contributed by atoms with Gasteiger partial charge in [-0.3, -0.25) is 0 Å². The summed E-state index contributed by atoms with van der Waals surface area (Å²) in [6.45, 7) is 6.95. The molecule has 36 heavy (non-hydrogen) atoms. The van der Waals surface area contributed by atoms with Crippen molar-refractivity contribution < 1.29 is 30.0 Å². The Morgan fingerprint density at radius 1 is 0.861 bits per heavy atom. The van der Waals surface area contributed by atoms with Crippen molar-refractivity contribution in [3.05, 3.63) is 55.7 Å². The Kier molecular flexibility index (Phi) is 6.93.